The monoisotopic (exact) mass is 300 g/mol. The molecule has 0 unspecified atom stereocenters. The van der Waals surface area contributed by atoms with Crippen molar-refractivity contribution in [2.24, 2.45) is 5.92 Å². The molecule has 0 aromatic heterocycles. The Morgan fingerprint density at radius 1 is 1.05 bits per heavy atom. The van der Waals surface area contributed by atoms with Crippen LogP contribution in [0.3, 0.4) is 0 Å². The van der Waals surface area contributed by atoms with Gasteiger partial charge in [-0.05, 0) is 45.9 Å². The Kier molecular flexibility index (Phi) is 15.3. The van der Waals surface area contributed by atoms with E-state index >= 15 is 0 Å². The molecule has 1 aliphatic rings. The first-order valence-corrected chi connectivity index (χ1v) is 8.80. The fourth-order valence-electron chi connectivity index (χ4n) is 2.50. The van der Waals surface area contributed by atoms with Gasteiger partial charge >= 0.3 is 5.97 Å². The number of hydrogen-bond donors (Lipinski definition) is 3. The topological polar surface area (TPSA) is 61.4 Å². The summed E-state index contributed by atoms with van der Waals surface area (Å²) in [7, 11) is 2.03. The predicted molar refractivity (Wildman–Crippen MR) is 89.8 cm³/mol. The fraction of sp³-hybridized carbons (Fsp3) is 0.941. The summed E-state index contributed by atoms with van der Waals surface area (Å²) in [5, 5.41) is 14.8. The molecule has 1 rings (SSSR count). The van der Waals surface area contributed by atoms with Crippen molar-refractivity contribution in [3.05, 3.63) is 0 Å². The van der Waals surface area contributed by atoms with Crippen LogP contribution in [0.15, 0.2) is 0 Å². The van der Waals surface area contributed by atoms with E-state index in [0.717, 1.165) is 25.9 Å². The van der Waals surface area contributed by atoms with Gasteiger partial charge < -0.3 is 15.7 Å². The van der Waals surface area contributed by atoms with Crippen LogP contribution in [0.4, 0.5) is 0 Å². The Morgan fingerprint density at radius 2 is 1.57 bits per heavy atom. The molecule has 1 saturated heterocycles. The zero-order valence-electron chi connectivity index (χ0n) is 14.1. The molecule has 4 heteroatoms. The molecule has 0 amide bonds. The SMILES string of the molecule is CCCCCCCCCCNC.O=C(O)C1CCNCC1. The standard InChI is InChI=1S/C11H25N.C6H11NO2/c1-3-4-5-6-7-8-9-10-11-12-2;8-6(9)5-1-3-7-4-2-5/h12H,3-11H2,1-2H3;5,7H,1-4H2,(H,8,9). The maximum atomic E-state index is 10.3. The van der Waals surface area contributed by atoms with Crippen LogP contribution in [-0.4, -0.2) is 37.8 Å². The van der Waals surface area contributed by atoms with Crippen LogP contribution in [0.2, 0.25) is 0 Å². The smallest absolute Gasteiger partial charge is 0.306 e. The Morgan fingerprint density at radius 3 is 2.00 bits per heavy atom. The summed E-state index contributed by atoms with van der Waals surface area (Å²) in [5.41, 5.74) is 0. The molecule has 0 saturated carbocycles. The van der Waals surface area contributed by atoms with Crippen LogP contribution in [0, 0.1) is 5.92 Å². The lowest BCUT2D eigenvalue weighted by molar-refractivity contribution is -0.142. The number of carboxylic acid groups (broad SMARTS) is 1. The van der Waals surface area contributed by atoms with Gasteiger partial charge in [0.2, 0.25) is 0 Å². The maximum Gasteiger partial charge on any atom is 0.306 e. The lowest BCUT2D eigenvalue weighted by atomic mass is 9.99. The highest BCUT2D eigenvalue weighted by molar-refractivity contribution is 5.70. The predicted octanol–water partition coefficient (Wildman–Crippen LogP) is 3.42. The molecule has 1 heterocycles. The summed E-state index contributed by atoms with van der Waals surface area (Å²) in [5.74, 6) is -0.734. The van der Waals surface area contributed by atoms with E-state index in [1.165, 1.54) is 57.9 Å². The second-order valence-electron chi connectivity index (χ2n) is 5.94. The van der Waals surface area contributed by atoms with Crippen molar-refractivity contribution < 1.29 is 9.90 Å². The van der Waals surface area contributed by atoms with Crippen LogP contribution in [0.25, 0.3) is 0 Å². The number of hydrogen-bond acceptors (Lipinski definition) is 3. The third-order valence-electron chi connectivity index (χ3n) is 3.97. The van der Waals surface area contributed by atoms with Crippen LogP contribution in [0.1, 0.15) is 71.1 Å². The number of carbonyl (C=O) groups is 1. The largest absolute Gasteiger partial charge is 0.481 e. The lowest BCUT2D eigenvalue weighted by Crippen LogP contribution is -2.31. The average molecular weight is 300 g/mol. The molecule has 0 aromatic rings. The summed E-state index contributed by atoms with van der Waals surface area (Å²) in [6.45, 7) is 5.18. The molecule has 21 heavy (non-hydrogen) atoms. The molecule has 0 radical (unpaired) electrons. The fourth-order valence-corrected chi connectivity index (χ4v) is 2.50. The van der Waals surface area contributed by atoms with E-state index in [4.69, 9.17) is 5.11 Å². The van der Waals surface area contributed by atoms with Gasteiger partial charge in [0.1, 0.15) is 0 Å². The Hall–Kier alpha value is -0.610. The molecule has 1 aliphatic heterocycles. The zero-order chi connectivity index (χ0) is 15.8. The molecule has 0 aliphatic carbocycles. The second-order valence-corrected chi connectivity index (χ2v) is 5.94. The molecule has 4 nitrogen and oxygen atoms in total. The first kappa shape index (κ1) is 20.4. The van der Waals surface area contributed by atoms with E-state index < -0.39 is 5.97 Å². The highest BCUT2D eigenvalue weighted by atomic mass is 16.4. The van der Waals surface area contributed by atoms with Gasteiger partial charge in [-0.25, -0.2) is 0 Å². The third-order valence-corrected chi connectivity index (χ3v) is 3.97. The molecular weight excluding hydrogens is 264 g/mol. The van der Waals surface area contributed by atoms with Gasteiger partial charge in [-0.2, -0.15) is 0 Å². The number of nitrogens with one attached hydrogen (secondary N) is 2. The molecule has 0 bridgehead atoms. The van der Waals surface area contributed by atoms with E-state index in [2.05, 4.69) is 17.6 Å². The van der Waals surface area contributed by atoms with E-state index in [0.29, 0.717) is 0 Å². The van der Waals surface area contributed by atoms with Crippen LogP contribution in [-0.2, 0) is 4.79 Å². The molecule has 3 N–H and O–H groups in total. The van der Waals surface area contributed by atoms with E-state index in [1.54, 1.807) is 0 Å². The van der Waals surface area contributed by atoms with E-state index in [1.807, 2.05) is 7.05 Å². The summed E-state index contributed by atoms with van der Waals surface area (Å²) in [4.78, 5) is 10.3. The molecule has 126 valence electrons. The summed E-state index contributed by atoms with van der Waals surface area (Å²) >= 11 is 0. The minimum absolute atomic E-state index is 0.0914. The van der Waals surface area contributed by atoms with E-state index in [-0.39, 0.29) is 5.92 Å². The van der Waals surface area contributed by atoms with Gasteiger partial charge in [0, 0.05) is 0 Å². The number of piperidine rings is 1. The van der Waals surface area contributed by atoms with Crippen molar-refractivity contribution in [3.63, 3.8) is 0 Å². The minimum Gasteiger partial charge on any atom is -0.481 e. The normalized spacial score (nSPS) is 15.3. The summed E-state index contributed by atoms with van der Waals surface area (Å²) in [6.07, 6.45) is 12.9. The summed E-state index contributed by atoms with van der Waals surface area (Å²) in [6, 6.07) is 0. The van der Waals surface area contributed by atoms with Gasteiger partial charge in [0.25, 0.3) is 0 Å². The Balaban J connectivity index is 0.000000394. The number of rotatable bonds is 10. The van der Waals surface area contributed by atoms with Crippen LogP contribution in [0.5, 0.6) is 0 Å². The van der Waals surface area contributed by atoms with Crippen LogP contribution < -0.4 is 10.6 Å². The molecule has 0 aromatic carbocycles. The highest BCUT2D eigenvalue weighted by Crippen LogP contribution is 2.10. The quantitative estimate of drug-likeness (QED) is 0.541. The first-order valence-electron chi connectivity index (χ1n) is 8.80. The minimum atomic E-state index is -0.642. The third kappa shape index (κ3) is 14.1. The van der Waals surface area contributed by atoms with Crippen molar-refractivity contribution in [3.8, 4) is 0 Å². The average Bonchev–Trinajstić information content (AvgIpc) is 2.51. The van der Waals surface area contributed by atoms with Gasteiger partial charge in [-0.3, -0.25) is 4.79 Å². The lowest BCUT2D eigenvalue weighted by Gasteiger charge is -2.17. The second kappa shape index (κ2) is 15.8. The number of aliphatic carboxylic acids is 1. The molecule has 0 spiro atoms. The summed E-state index contributed by atoms with van der Waals surface area (Å²) < 4.78 is 0. The van der Waals surface area contributed by atoms with Gasteiger partial charge in [-0.1, -0.05) is 51.9 Å². The molecule has 0 atom stereocenters. The maximum absolute atomic E-state index is 10.3. The zero-order valence-corrected chi connectivity index (χ0v) is 14.1. The van der Waals surface area contributed by atoms with Crippen molar-refractivity contribution in [1.29, 1.82) is 0 Å². The number of carboxylic acids is 1. The van der Waals surface area contributed by atoms with Crippen LogP contribution >= 0.6 is 0 Å². The van der Waals surface area contributed by atoms with E-state index in [9.17, 15) is 4.79 Å². The van der Waals surface area contributed by atoms with Crippen molar-refractivity contribution >= 4 is 5.97 Å². The number of unbranched alkanes of at least 4 members (excludes halogenated alkanes) is 7. The Labute approximate surface area is 131 Å². The first-order chi connectivity index (χ1) is 10.2. The molecular formula is C17H36N2O2. The van der Waals surface area contributed by atoms with Gasteiger partial charge in [0.05, 0.1) is 5.92 Å². The Bertz CT molecular complexity index is 219. The highest BCUT2D eigenvalue weighted by Gasteiger charge is 2.18. The molecule has 1 fully saturated rings. The van der Waals surface area contributed by atoms with Crippen molar-refractivity contribution in [1.82, 2.24) is 10.6 Å². The van der Waals surface area contributed by atoms with Crippen molar-refractivity contribution in [2.45, 2.75) is 71.1 Å². The van der Waals surface area contributed by atoms with Crippen molar-refractivity contribution in [2.75, 3.05) is 26.7 Å². The van der Waals surface area contributed by atoms with Gasteiger partial charge in [0.15, 0.2) is 0 Å². The van der Waals surface area contributed by atoms with Gasteiger partial charge in [-0.15, -0.1) is 0 Å².